The van der Waals surface area contributed by atoms with E-state index in [-0.39, 0.29) is 18.0 Å². The molecule has 0 unspecified atom stereocenters. The van der Waals surface area contributed by atoms with Crippen LogP contribution in [0.25, 0.3) is 0 Å². The molecule has 0 fully saturated rings. The van der Waals surface area contributed by atoms with E-state index in [1.165, 1.54) is 17.8 Å². The first-order valence-corrected chi connectivity index (χ1v) is 10.1. The summed E-state index contributed by atoms with van der Waals surface area (Å²) in [6, 6.07) is 3.64. The van der Waals surface area contributed by atoms with Crippen molar-refractivity contribution in [3.05, 3.63) is 68.3 Å². The van der Waals surface area contributed by atoms with Crippen LogP contribution in [0.2, 0.25) is 0 Å². The highest BCUT2D eigenvalue weighted by Gasteiger charge is 2.18. The zero-order valence-corrected chi connectivity index (χ0v) is 16.5. The van der Waals surface area contributed by atoms with E-state index in [0.29, 0.717) is 24.3 Å². The van der Waals surface area contributed by atoms with Crippen LogP contribution in [0.1, 0.15) is 33.9 Å². The topological polar surface area (TPSA) is 85.0 Å². The molecular weight excluding hydrogens is 376 g/mol. The fourth-order valence-corrected chi connectivity index (χ4v) is 4.04. The molecule has 28 heavy (non-hydrogen) atoms. The third-order valence-electron chi connectivity index (χ3n) is 4.74. The Morgan fingerprint density at radius 3 is 3.00 bits per heavy atom. The molecule has 4 rings (SSSR count). The highest BCUT2D eigenvalue weighted by Crippen LogP contribution is 2.15. The van der Waals surface area contributed by atoms with Crippen LogP contribution in [0.15, 0.2) is 40.1 Å². The lowest BCUT2D eigenvalue weighted by molar-refractivity contribution is 0.0950. The Morgan fingerprint density at radius 1 is 1.36 bits per heavy atom. The molecule has 1 aliphatic heterocycles. The molecule has 8 nitrogen and oxygen atoms in total. The number of carbonyl (C=O) groups is 1. The van der Waals surface area contributed by atoms with Crippen molar-refractivity contribution < 1.29 is 4.79 Å². The number of thiophene rings is 1. The second kappa shape index (κ2) is 8.07. The maximum atomic E-state index is 12.6. The van der Waals surface area contributed by atoms with E-state index in [1.54, 1.807) is 33.8 Å². The normalized spacial score (nSPS) is 14.5. The van der Waals surface area contributed by atoms with Gasteiger partial charge in [-0.05, 0) is 28.8 Å². The molecule has 1 aliphatic rings. The predicted octanol–water partition coefficient (Wildman–Crippen LogP) is 1.37. The van der Waals surface area contributed by atoms with E-state index in [2.05, 4.69) is 37.1 Å². The van der Waals surface area contributed by atoms with Crippen LogP contribution >= 0.6 is 11.3 Å². The van der Waals surface area contributed by atoms with Crippen LogP contribution < -0.4 is 10.9 Å². The average Bonchev–Trinajstić information content (AvgIpc) is 3.28. The maximum absolute atomic E-state index is 12.6. The van der Waals surface area contributed by atoms with Crippen LogP contribution in [-0.4, -0.2) is 36.7 Å². The minimum Gasteiger partial charge on any atom is -0.346 e. The lowest BCUT2D eigenvalue weighted by Gasteiger charge is -2.19. The SMILES string of the molecule is Cn1cc(C(=O)NCc2cc(=O)n3c(n2)CN(Cc2ccsc2)CCC3)cn1. The van der Waals surface area contributed by atoms with Gasteiger partial charge in [0.25, 0.3) is 11.5 Å². The fraction of sp³-hybridized carbons (Fsp3) is 0.368. The Balaban J connectivity index is 1.48. The van der Waals surface area contributed by atoms with Crippen molar-refractivity contribution >= 4 is 17.2 Å². The van der Waals surface area contributed by atoms with Crippen LogP contribution in [0.4, 0.5) is 0 Å². The summed E-state index contributed by atoms with van der Waals surface area (Å²) in [5, 5.41) is 11.0. The van der Waals surface area contributed by atoms with Gasteiger partial charge in [-0.2, -0.15) is 16.4 Å². The predicted molar refractivity (Wildman–Crippen MR) is 106 cm³/mol. The molecule has 1 amide bonds. The number of amides is 1. The number of hydrogen-bond acceptors (Lipinski definition) is 6. The standard InChI is InChI=1S/C19H22N6O2S/c1-23-11-15(8-21-23)19(27)20-9-16-7-18(26)25-5-2-4-24(12-17(25)22-16)10-14-3-6-28-13-14/h3,6-8,11,13H,2,4-5,9-10,12H2,1H3,(H,20,27). The van der Waals surface area contributed by atoms with Gasteiger partial charge in [0.15, 0.2) is 0 Å². The van der Waals surface area contributed by atoms with Crippen LogP contribution in [0, 0.1) is 0 Å². The first-order valence-electron chi connectivity index (χ1n) is 9.18. The summed E-state index contributed by atoms with van der Waals surface area (Å²) >= 11 is 1.69. The molecule has 0 radical (unpaired) electrons. The molecule has 0 spiro atoms. The van der Waals surface area contributed by atoms with Crippen LogP contribution in [0.5, 0.6) is 0 Å². The summed E-state index contributed by atoms with van der Waals surface area (Å²) in [4.78, 5) is 31.7. The van der Waals surface area contributed by atoms with Gasteiger partial charge in [-0.1, -0.05) is 0 Å². The van der Waals surface area contributed by atoms with Crippen molar-refractivity contribution in [3.8, 4) is 0 Å². The number of aryl methyl sites for hydroxylation is 1. The van der Waals surface area contributed by atoms with Crippen LogP contribution in [-0.2, 0) is 33.2 Å². The second-order valence-corrected chi connectivity index (χ2v) is 7.71. The zero-order valence-electron chi connectivity index (χ0n) is 15.7. The number of carbonyl (C=O) groups excluding carboxylic acids is 1. The molecule has 0 aromatic carbocycles. The highest BCUT2D eigenvalue weighted by molar-refractivity contribution is 7.07. The summed E-state index contributed by atoms with van der Waals surface area (Å²) in [5.41, 5.74) is 2.27. The van der Waals surface area contributed by atoms with Gasteiger partial charge in [0, 0.05) is 38.9 Å². The molecule has 3 aromatic rings. The molecule has 4 heterocycles. The largest absolute Gasteiger partial charge is 0.346 e. The fourth-order valence-electron chi connectivity index (χ4n) is 3.38. The third kappa shape index (κ3) is 4.20. The molecule has 146 valence electrons. The highest BCUT2D eigenvalue weighted by atomic mass is 32.1. The van der Waals surface area contributed by atoms with Crippen molar-refractivity contribution in [1.29, 1.82) is 0 Å². The molecule has 0 bridgehead atoms. The van der Waals surface area contributed by atoms with E-state index in [1.807, 2.05) is 0 Å². The van der Waals surface area contributed by atoms with Gasteiger partial charge in [0.2, 0.25) is 0 Å². The number of nitrogens with zero attached hydrogens (tertiary/aromatic N) is 5. The maximum Gasteiger partial charge on any atom is 0.254 e. The molecule has 0 atom stereocenters. The van der Waals surface area contributed by atoms with Crippen molar-refractivity contribution in [1.82, 2.24) is 29.5 Å². The number of aromatic nitrogens is 4. The van der Waals surface area contributed by atoms with Gasteiger partial charge in [-0.15, -0.1) is 0 Å². The Bertz CT molecular complexity index is 1020. The van der Waals surface area contributed by atoms with Gasteiger partial charge in [0.1, 0.15) is 5.82 Å². The first-order chi connectivity index (χ1) is 13.6. The van der Waals surface area contributed by atoms with Gasteiger partial charge in [-0.25, -0.2) is 4.98 Å². The van der Waals surface area contributed by atoms with Crippen molar-refractivity contribution in [2.24, 2.45) is 7.05 Å². The van der Waals surface area contributed by atoms with E-state index >= 15 is 0 Å². The quantitative estimate of drug-likeness (QED) is 0.702. The van der Waals surface area contributed by atoms with Crippen molar-refractivity contribution in [2.45, 2.75) is 32.6 Å². The van der Waals surface area contributed by atoms with E-state index in [0.717, 1.165) is 25.3 Å². The first kappa shape index (κ1) is 18.6. The summed E-state index contributed by atoms with van der Waals surface area (Å²) in [6.07, 6.45) is 4.07. The van der Waals surface area contributed by atoms with Gasteiger partial charge in [-0.3, -0.25) is 23.7 Å². The van der Waals surface area contributed by atoms with E-state index in [4.69, 9.17) is 0 Å². The van der Waals surface area contributed by atoms with Gasteiger partial charge < -0.3 is 5.32 Å². The number of fused-ring (bicyclic) bond motifs is 1. The number of rotatable bonds is 5. The summed E-state index contributed by atoms with van der Waals surface area (Å²) in [7, 11) is 1.76. The molecular formula is C19H22N6O2S. The summed E-state index contributed by atoms with van der Waals surface area (Å²) in [5.74, 6) is 0.523. The average molecular weight is 398 g/mol. The molecule has 3 aromatic heterocycles. The lowest BCUT2D eigenvalue weighted by Crippen LogP contribution is -2.29. The van der Waals surface area contributed by atoms with E-state index < -0.39 is 0 Å². The number of hydrogen-bond donors (Lipinski definition) is 1. The Morgan fingerprint density at radius 2 is 2.25 bits per heavy atom. The smallest absolute Gasteiger partial charge is 0.254 e. The van der Waals surface area contributed by atoms with Gasteiger partial charge >= 0.3 is 0 Å². The Kier molecular flexibility index (Phi) is 5.36. The Labute approximate surface area is 166 Å². The van der Waals surface area contributed by atoms with E-state index in [9.17, 15) is 9.59 Å². The monoisotopic (exact) mass is 398 g/mol. The number of nitrogens with one attached hydrogen (secondary N) is 1. The van der Waals surface area contributed by atoms with Crippen molar-refractivity contribution in [3.63, 3.8) is 0 Å². The zero-order chi connectivity index (χ0) is 19.5. The summed E-state index contributed by atoms with van der Waals surface area (Å²) < 4.78 is 3.32. The summed E-state index contributed by atoms with van der Waals surface area (Å²) in [6.45, 7) is 3.27. The molecule has 1 N–H and O–H groups in total. The minimum absolute atomic E-state index is 0.0620. The molecule has 0 saturated carbocycles. The van der Waals surface area contributed by atoms with Crippen LogP contribution in [0.3, 0.4) is 0 Å². The minimum atomic E-state index is -0.232. The Hall–Kier alpha value is -2.78. The molecule has 9 heteroatoms. The molecule has 0 aliphatic carbocycles. The third-order valence-corrected chi connectivity index (χ3v) is 5.48. The van der Waals surface area contributed by atoms with Crippen molar-refractivity contribution in [2.75, 3.05) is 6.54 Å². The second-order valence-electron chi connectivity index (χ2n) is 6.93. The van der Waals surface area contributed by atoms with Gasteiger partial charge in [0.05, 0.1) is 30.5 Å². The molecule has 0 saturated heterocycles. The lowest BCUT2D eigenvalue weighted by atomic mass is 10.3.